The van der Waals surface area contributed by atoms with Gasteiger partial charge in [-0.3, -0.25) is 9.59 Å². The van der Waals surface area contributed by atoms with Gasteiger partial charge in [0.1, 0.15) is 0 Å². The maximum Gasteiger partial charge on any atom is 0.226 e. The van der Waals surface area contributed by atoms with Crippen LogP contribution in [0.1, 0.15) is 51.4 Å². The summed E-state index contributed by atoms with van der Waals surface area (Å²) in [5.74, 6) is 0.666. The molecule has 2 amide bonds. The van der Waals surface area contributed by atoms with Crippen molar-refractivity contribution in [1.82, 2.24) is 10.2 Å². The van der Waals surface area contributed by atoms with Gasteiger partial charge in [0.05, 0.1) is 0 Å². The Labute approximate surface area is 120 Å². The van der Waals surface area contributed by atoms with E-state index in [1.807, 2.05) is 11.9 Å². The van der Waals surface area contributed by atoms with E-state index in [-0.39, 0.29) is 23.1 Å². The minimum atomic E-state index is 0.000315. The van der Waals surface area contributed by atoms with E-state index in [1.54, 1.807) is 0 Å². The molecule has 4 nitrogen and oxygen atoms in total. The quantitative estimate of drug-likeness (QED) is 0.859. The van der Waals surface area contributed by atoms with Crippen molar-refractivity contribution in [3.63, 3.8) is 0 Å². The zero-order chi connectivity index (χ0) is 14.2. The lowest BCUT2D eigenvalue weighted by Crippen LogP contribution is -2.50. The zero-order valence-corrected chi connectivity index (χ0v) is 12.3. The highest BCUT2D eigenvalue weighted by Crippen LogP contribution is 2.45. The van der Waals surface area contributed by atoms with Gasteiger partial charge in [-0.2, -0.15) is 0 Å². The fourth-order valence-electron chi connectivity index (χ4n) is 3.76. The second-order valence-electron chi connectivity index (χ2n) is 6.56. The van der Waals surface area contributed by atoms with Gasteiger partial charge in [0.25, 0.3) is 0 Å². The molecule has 3 aliphatic rings. The van der Waals surface area contributed by atoms with Gasteiger partial charge >= 0.3 is 0 Å². The topological polar surface area (TPSA) is 49.4 Å². The first-order chi connectivity index (χ1) is 9.62. The second-order valence-corrected chi connectivity index (χ2v) is 6.56. The summed E-state index contributed by atoms with van der Waals surface area (Å²) in [6.07, 6.45) is 10.2. The lowest BCUT2D eigenvalue weighted by atomic mass is 9.69. The summed E-state index contributed by atoms with van der Waals surface area (Å²) in [5.41, 5.74) is 1.15. The van der Waals surface area contributed by atoms with Crippen molar-refractivity contribution in [3.05, 3.63) is 11.8 Å². The number of rotatable bonds is 3. The van der Waals surface area contributed by atoms with Crippen LogP contribution in [0.5, 0.6) is 0 Å². The summed E-state index contributed by atoms with van der Waals surface area (Å²) in [6, 6.07) is 0. The number of carbonyl (C=O) groups excluding carboxylic acids is 2. The number of piperidine rings is 1. The molecular weight excluding hydrogens is 252 g/mol. The average Bonchev–Trinajstić information content (AvgIpc) is 2.39. The lowest BCUT2D eigenvalue weighted by molar-refractivity contribution is -0.132. The maximum atomic E-state index is 12.1. The van der Waals surface area contributed by atoms with Crippen LogP contribution in [0, 0.1) is 11.3 Å². The second kappa shape index (κ2) is 5.23. The Balaban J connectivity index is 1.71. The van der Waals surface area contributed by atoms with Crippen LogP contribution in [0.2, 0.25) is 0 Å². The molecule has 1 saturated carbocycles. The van der Waals surface area contributed by atoms with Crippen LogP contribution in [-0.4, -0.2) is 30.3 Å². The van der Waals surface area contributed by atoms with E-state index < -0.39 is 0 Å². The third-order valence-corrected chi connectivity index (χ3v) is 5.37. The maximum absolute atomic E-state index is 12.1. The number of nitrogens with zero attached hydrogens (tertiary/aromatic N) is 1. The molecule has 1 heterocycles. The van der Waals surface area contributed by atoms with Gasteiger partial charge in [0.2, 0.25) is 11.8 Å². The molecule has 0 bridgehead atoms. The molecule has 2 aliphatic carbocycles. The largest absolute Gasteiger partial charge is 0.355 e. The monoisotopic (exact) mass is 276 g/mol. The van der Waals surface area contributed by atoms with Crippen LogP contribution in [0.3, 0.4) is 0 Å². The van der Waals surface area contributed by atoms with Crippen molar-refractivity contribution < 1.29 is 9.59 Å². The Hall–Kier alpha value is -1.32. The molecule has 110 valence electrons. The predicted octanol–water partition coefficient (Wildman–Crippen LogP) is 2.21. The molecule has 1 atom stereocenters. The summed E-state index contributed by atoms with van der Waals surface area (Å²) < 4.78 is 0. The first-order valence-electron chi connectivity index (χ1n) is 7.87. The fraction of sp³-hybridized carbons (Fsp3) is 0.750. The molecule has 1 aliphatic heterocycles. The fourth-order valence-corrected chi connectivity index (χ4v) is 3.76. The number of likely N-dealkylation sites (tertiary alicyclic amines) is 1. The minimum absolute atomic E-state index is 0.000315. The molecule has 1 unspecified atom stereocenters. The molecular formula is C16H24N2O2. The van der Waals surface area contributed by atoms with Gasteiger partial charge in [0, 0.05) is 37.0 Å². The number of fused-ring (bicyclic) bond motifs is 1. The van der Waals surface area contributed by atoms with E-state index in [0.29, 0.717) is 13.0 Å². The van der Waals surface area contributed by atoms with Crippen molar-refractivity contribution >= 4 is 11.8 Å². The molecule has 1 N–H and O–H groups in total. The molecule has 3 rings (SSSR count). The minimum Gasteiger partial charge on any atom is -0.355 e. The molecule has 0 aromatic carbocycles. The highest BCUT2D eigenvalue weighted by molar-refractivity contribution is 5.81. The van der Waals surface area contributed by atoms with Gasteiger partial charge in [0.15, 0.2) is 0 Å². The summed E-state index contributed by atoms with van der Waals surface area (Å²) >= 11 is 0. The summed E-state index contributed by atoms with van der Waals surface area (Å²) in [5, 5.41) is 3.16. The first kappa shape index (κ1) is 13.7. The van der Waals surface area contributed by atoms with Crippen LogP contribution in [0.15, 0.2) is 11.8 Å². The molecule has 1 saturated heterocycles. The normalized spacial score (nSPS) is 30.4. The lowest BCUT2D eigenvalue weighted by Gasteiger charge is -2.46. The van der Waals surface area contributed by atoms with Crippen molar-refractivity contribution in [2.24, 2.45) is 11.3 Å². The third kappa shape index (κ3) is 2.25. The van der Waals surface area contributed by atoms with Crippen LogP contribution < -0.4 is 5.32 Å². The van der Waals surface area contributed by atoms with Crippen LogP contribution in [0.25, 0.3) is 0 Å². The smallest absolute Gasteiger partial charge is 0.226 e. The molecule has 20 heavy (non-hydrogen) atoms. The predicted molar refractivity (Wildman–Crippen MR) is 76.7 cm³/mol. The number of carbonyl (C=O) groups is 2. The number of amides is 2. The first-order valence-corrected chi connectivity index (χ1v) is 7.87. The van der Waals surface area contributed by atoms with E-state index in [0.717, 1.165) is 44.2 Å². The van der Waals surface area contributed by atoms with E-state index in [1.165, 1.54) is 6.42 Å². The number of allylic oxidation sites excluding steroid dienone is 1. The third-order valence-electron chi connectivity index (χ3n) is 5.37. The van der Waals surface area contributed by atoms with Crippen LogP contribution in [0.4, 0.5) is 0 Å². The summed E-state index contributed by atoms with van der Waals surface area (Å²) in [4.78, 5) is 25.8. The Kier molecular flexibility index (Phi) is 3.57. The van der Waals surface area contributed by atoms with Crippen molar-refractivity contribution in [1.29, 1.82) is 0 Å². The number of hydrogen-bond donors (Lipinski definition) is 1. The molecule has 0 aromatic rings. The standard InChI is InChI=1S/C16H24N2O2/c1-18-13-7-2-3-9-16(13,10-8-14(18)19)11-17-15(20)12-5-4-6-12/h7,12H,2-6,8-11H2,1H3,(H,17,20). The van der Waals surface area contributed by atoms with Gasteiger partial charge in [-0.05, 0) is 38.5 Å². The Bertz CT molecular complexity index is 453. The summed E-state index contributed by atoms with van der Waals surface area (Å²) in [7, 11) is 1.88. The van der Waals surface area contributed by atoms with Gasteiger partial charge < -0.3 is 10.2 Å². The summed E-state index contributed by atoms with van der Waals surface area (Å²) in [6.45, 7) is 0.700. The molecule has 0 spiro atoms. The van der Waals surface area contributed by atoms with Gasteiger partial charge in [-0.15, -0.1) is 0 Å². The van der Waals surface area contributed by atoms with Crippen molar-refractivity contribution in [2.75, 3.05) is 13.6 Å². The van der Waals surface area contributed by atoms with E-state index in [4.69, 9.17) is 0 Å². The Morgan fingerprint density at radius 1 is 1.40 bits per heavy atom. The molecule has 4 heteroatoms. The highest BCUT2D eigenvalue weighted by atomic mass is 16.2. The SMILES string of the molecule is CN1C(=O)CCC2(CNC(=O)C3CCC3)CCCC=C12. The van der Waals surface area contributed by atoms with Gasteiger partial charge in [-0.1, -0.05) is 12.5 Å². The van der Waals surface area contributed by atoms with Crippen LogP contribution in [-0.2, 0) is 9.59 Å². The van der Waals surface area contributed by atoms with E-state index in [9.17, 15) is 9.59 Å². The number of nitrogens with one attached hydrogen (secondary N) is 1. The average molecular weight is 276 g/mol. The van der Waals surface area contributed by atoms with Crippen molar-refractivity contribution in [3.8, 4) is 0 Å². The van der Waals surface area contributed by atoms with Crippen LogP contribution >= 0.6 is 0 Å². The Morgan fingerprint density at radius 3 is 2.90 bits per heavy atom. The molecule has 0 radical (unpaired) electrons. The highest BCUT2D eigenvalue weighted by Gasteiger charge is 2.43. The van der Waals surface area contributed by atoms with Gasteiger partial charge in [-0.25, -0.2) is 0 Å². The van der Waals surface area contributed by atoms with E-state index in [2.05, 4.69) is 11.4 Å². The molecule has 0 aromatic heterocycles. The van der Waals surface area contributed by atoms with Crippen molar-refractivity contribution in [2.45, 2.75) is 51.4 Å². The number of hydrogen-bond acceptors (Lipinski definition) is 2. The molecule has 2 fully saturated rings. The van der Waals surface area contributed by atoms with E-state index >= 15 is 0 Å². The zero-order valence-electron chi connectivity index (χ0n) is 12.3. The Morgan fingerprint density at radius 2 is 2.20 bits per heavy atom.